The summed E-state index contributed by atoms with van der Waals surface area (Å²) in [6.07, 6.45) is 1.36. The molecule has 9 nitrogen and oxygen atoms in total. The predicted octanol–water partition coefficient (Wildman–Crippen LogP) is 5.80. The van der Waals surface area contributed by atoms with Gasteiger partial charge in [0.2, 0.25) is 5.91 Å². The molecule has 1 fully saturated rings. The number of hydrogen-bond acceptors (Lipinski definition) is 7. The third-order valence-electron chi connectivity index (χ3n) is 5.16. The lowest BCUT2D eigenvalue weighted by Crippen LogP contribution is -2.36. The van der Waals surface area contributed by atoms with Crippen molar-refractivity contribution in [1.82, 2.24) is 4.90 Å². The van der Waals surface area contributed by atoms with E-state index in [9.17, 15) is 24.5 Å². The summed E-state index contributed by atoms with van der Waals surface area (Å²) in [7, 11) is 0. The Labute approximate surface area is 208 Å². The van der Waals surface area contributed by atoms with E-state index < -0.39 is 28.5 Å². The van der Waals surface area contributed by atoms with Crippen LogP contribution in [0.3, 0.4) is 0 Å². The highest BCUT2D eigenvalue weighted by molar-refractivity contribution is 8.18. The molecule has 1 aliphatic heterocycles. The zero-order valence-electron chi connectivity index (χ0n) is 18.5. The molecule has 0 saturated carbocycles. The van der Waals surface area contributed by atoms with Crippen LogP contribution in [0.1, 0.15) is 16.9 Å². The van der Waals surface area contributed by atoms with Gasteiger partial charge in [-0.15, -0.1) is 0 Å². The van der Waals surface area contributed by atoms with Crippen molar-refractivity contribution >= 4 is 57.9 Å². The number of nitrogens with zero attached hydrogens (tertiary/aromatic N) is 2. The van der Waals surface area contributed by atoms with E-state index in [2.05, 4.69) is 5.32 Å². The number of halogens is 1. The van der Waals surface area contributed by atoms with Crippen LogP contribution in [-0.2, 0) is 9.59 Å². The van der Waals surface area contributed by atoms with Crippen molar-refractivity contribution in [3.8, 4) is 11.3 Å². The average molecular weight is 512 g/mol. The molecule has 0 radical (unpaired) electrons. The minimum Gasteiger partial charge on any atom is -0.456 e. The number of anilines is 1. The Hall–Kier alpha value is -3.89. The van der Waals surface area contributed by atoms with Gasteiger partial charge in [-0.2, -0.15) is 0 Å². The zero-order chi connectivity index (χ0) is 25.3. The molecule has 3 aromatic rings. The van der Waals surface area contributed by atoms with Crippen LogP contribution < -0.4 is 5.32 Å². The van der Waals surface area contributed by atoms with E-state index in [0.29, 0.717) is 17.4 Å². The van der Waals surface area contributed by atoms with Crippen molar-refractivity contribution in [3.05, 3.63) is 85.5 Å². The molecule has 0 bridgehead atoms. The molecule has 0 atom stereocenters. The highest BCUT2D eigenvalue weighted by atomic mass is 35.5. The molecule has 1 aliphatic rings. The number of furan rings is 1. The molecule has 0 aliphatic carbocycles. The van der Waals surface area contributed by atoms with Crippen molar-refractivity contribution in [2.24, 2.45) is 0 Å². The van der Waals surface area contributed by atoms with Crippen molar-refractivity contribution in [3.63, 3.8) is 0 Å². The van der Waals surface area contributed by atoms with Crippen molar-refractivity contribution in [2.45, 2.75) is 13.8 Å². The number of benzene rings is 2. The van der Waals surface area contributed by atoms with E-state index in [4.69, 9.17) is 16.0 Å². The fourth-order valence-electron chi connectivity index (χ4n) is 3.41. The Morgan fingerprint density at radius 1 is 1.17 bits per heavy atom. The quantitative estimate of drug-likeness (QED) is 0.252. The lowest BCUT2D eigenvalue weighted by atomic mass is 10.1. The molecular formula is C24H18ClN3O6S. The summed E-state index contributed by atoms with van der Waals surface area (Å²) in [5, 5.41) is 13.7. The standard InChI is InChI=1S/C24H18ClN3O6S/c1-13-3-4-14(2)18(9-13)26-22(29)12-27-23(30)21(35-24(27)31)11-16-6-8-20(34-16)17-7-5-15(25)10-19(17)28(32)33/h3-11H,12H2,1-2H3,(H,26,29)/b21-11+. The summed E-state index contributed by atoms with van der Waals surface area (Å²) in [4.78, 5) is 49.4. The third kappa shape index (κ3) is 5.28. The number of nitrogens with one attached hydrogen (secondary N) is 1. The molecule has 1 N–H and O–H groups in total. The topological polar surface area (TPSA) is 123 Å². The molecule has 0 spiro atoms. The molecule has 178 valence electrons. The van der Waals surface area contributed by atoms with Gasteiger partial charge in [0.05, 0.1) is 15.4 Å². The average Bonchev–Trinajstić information content (AvgIpc) is 3.36. The summed E-state index contributed by atoms with van der Waals surface area (Å²) < 4.78 is 5.67. The summed E-state index contributed by atoms with van der Waals surface area (Å²) >= 11 is 6.53. The SMILES string of the molecule is Cc1ccc(C)c(NC(=O)CN2C(=O)S/C(=C/c3ccc(-c4ccc(Cl)cc4[N+](=O)[O-])o3)C2=O)c1. The van der Waals surface area contributed by atoms with Gasteiger partial charge in [0, 0.05) is 22.9 Å². The summed E-state index contributed by atoms with van der Waals surface area (Å²) in [5.74, 6) is -0.717. The molecule has 1 saturated heterocycles. The summed E-state index contributed by atoms with van der Waals surface area (Å²) in [5.41, 5.74) is 2.41. The number of imide groups is 1. The molecule has 35 heavy (non-hydrogen) atoms. The van der Waals surface area contributed by atoms with Crippen LogP contribution in [-0.4, -0.2) is 33.4 Å². The molecule has 0 unspecified atom stereocenters. The Morgan fingerprint density at radius 3 is 2.69 bits per heavy atom. The Kier molecular flexibility index (Phi) is 6.77. The number of nitro benzene ring substituents is 1. The number of amides is 3. The Morgan fingerprint density at radius 2 is 1.94 bits per heavy atom. The second kappa shape index (κ2) is 9.77. The largest absolute Gasteiger partial charge is 0.456 e. The molecule has 11 heteroatoms. The maximum Gasteiger partial charge on any atom is 0.294 e. The summed E-state index contributed by atoms with van der Waals surface area (Å²) in [6.45, 7) is 3.30. The van der Waals surface area contributed by atoms with E-state index in [1.165, 1.54) is 36.4 Å². The summed E-state index contributed by atoms with van der Waals surface area (Å²) in [6, 6.07) is 12.8. The fourth-order valence-corrected chi connectivity index (χ4v) is 4.39. The van der Waals surface area contributed by atoms with Gasteiger partial charge in [0.25, 0.3) is 16.8 Å². The molecule has 2 aromatic carbocycles. The highest BCUT2D eigenvalue weighted by Gasteiger charge is 2.36. The van der Waals surface area contributed by atoms with Crippen LogP contribution in [0.2, 0.25) is 5.02 Å². The van der Waals surface area contributed by atoms with E-state index in [1.54, 1.807) is 6.07 Å². The number of carbonyl (C=O) groups is 3. The number of thioether (sulfide) groups is 1. The van der Waals surface area contributed by atoms with Crippen molar-refractivity contribution in [1.29, 1.82) is 0 Å². The zero-order valence-corrected chi connectivity index (χ0v) is 20.1. The van der Waals surface area contributed by atoms with Gasteiger partial charge in [0.1, 0.15) is 18.1 Å². The lowest BCUT2D eigenvalue weighted by Gasteiger charge is -2.14. The second-order valence-electron chi connectivity index (χ2n) is 7.76. The normalized spacial score (nSPS) is 14.6. The first-order chi connectivity index (χ1) is 16.6. The second-order valence-corrected chi connectivity index (χ2v) is 9.18. The first-order valence-corrected chi connectivity index (χ1v) is 11.5. The number of hydrogen-bond donors (Lipinski definition) is 1. The number of rotatable bonds is 6. The van der Waals surface area contributed by atoms with Crippen LogP contribution in [0.4, 0.5) is 16.2 Å². The molecule has 2 heterocycles. The van der Waals surface area contributed by atoms with Gasteiger partial charge in [-0.25, -0.2) is 0 Å². The van der Waals surface area contributed by atoms with Gasteiger partial charge in [-0.05, 0) is 67.1 Å². The predicted molar refractivity (Wildman–Crippen MR) is 133 cm³/mol. The molecule has 4 rings (SSSR count). The maximum atomic E-state index is 12.8. The lowest BCUT2D eigenvalue weighted by molar-refractivity contribution is -0.384. The van der Waals surface area contributed by atoms with Crippen LogP contribution in [0.25, 0.3) is 17.4 Å². The Bertz CT molecular complexity index is 1410. The van der Waals surface area contributed by atoms with E-state index >= 15 is 0 Å². The first-order valence-electron chi connectivity index (χ1n) is 10.3. The van der Waals surface area contributed by atoms with Gasteiger partial charge < -0.3 is 9.73 Å². The van der Waals surface area contributed by atoms with E-state index in [0.717, 1.165) is 16.0 Å². The fraction of sp³-hybridized carbons (Fsp3) is 0.125. The minimum absolute atomic E-state index is 0.0704. The number of aryl methyl sites for hydroxylation is 2. The first kappa shape index (κ1) is 24.2. The van der Waals surface area contributed by atoms with Gasteiger partial charge in [0.15, 0.2) is 0 Å². The van der Waals surface area contributed by atoms with Gasteiger partial charge >= 0.3 is 0 Å². The molecular weight excluding hydrogens is 494 g/mol. The van der Waals surface area contributed by atoms with Gasteiger partial charge in [-0.1, -0.05) is 23.7 Å². The van der Waals surface area contributed by atoms with Crippen LogP contribution in [0.5, 0.6) is 0 Å². The molecule has 1 aromatic heterocycles. The molecule has 3 amide bonds. The highest BCUT2D eigenvalue weighted by Crippen LogP contribution is 2.36. The number of nitro groups is 1. The van der Waals surface area contributed by atoms with E-state index in [-0.39, 0.29) is 32.7 Å². The van der Waals surface area contributed by atoms with Gasteiger partial charge in [-0.3, -0.25) is 29.4 Å². The van der Waals surface area contributed by atoms with Crippen LogP contribution in [0.15, 0.2) is 57.9 Å². The maximum absolute atomic E-state index is 12.8. The third-order valence-corrected chi connectivity index (χ3v) is 6.31. The Balaban J connectivity index is 1.50. The van der Waals surface area contributed by atoms with Crippen molar-refractivity contribution < 1.29 is 23.7 Å². The monoisotopic (exact) mass is 511 g/mol. The van der Waals surface area contributed by atoms with Crippen molar-refractivity contribution in [2.75, 3.05) is 11.9 Å². The van der Waals surface area contributed by atoms with Crippen LogP contribution >= 0.6 is 23.4 Å². The van der Waals surface area contributed by atoms with E-state index in [1.807, 2.05) is 26.0 Å². The minimum atomic E-state index is -0.633. The number of carbonyl (C=O) groups excluding carboxylic acids is 3. The smallest absolute Gasteiger partial charge is 0.294 e. The van der Waals surface area contributed by atoms with Crippen LogP contribution in [0, 0.1) is 24.0 Å².